The summed E-state index contributed by atoms with van der Waals surface area (Å²) < 4.78 is 25.6. The Balaban J connectivity index is -0.0000000128. The maximum atomic E-state index is 8.55. The molecule has 0 aliphatic carbocycles. The van der Waals surface area contributed by atoms with Gasteiger partial charge in [-0.25, -0.2) is 0 Å². The molecule has 30 heavy (non-hydrogen) atoms. The third-order valence-electron chi connectivity index (χ3n) is 0. The second-order valence-electron chi connectivity index (χ2n) is 1.79. The molecule has 0 atom stereocenters. The van der Waals surface area contributed by atoms with E-state index in [1.807, 2.05) is 0 Å². The molecule has 0 fully saturated rings. The Bertz CT molecular complexity index is 361. The van der Waals surface area contributed by atoms with E-state index in [1.165, 1.54) is 0 Å². The van der Waals surface area contributed by atoms with Crippen LogP contribution >= 0.6 is 23.5 Å². The molecule has 0 aliphatic rings. The van der Waals surface area contributed by atoms with E-state index in [0.29, 0.717) is 0 Å². The van der Waals surface area contributed by atoms with Gasteiger partial charge in [0.05, 0.1) is 10.2 Å². The monoisotopic (exact) mass is 666 g/mol. The topological polar surface area (TPSA) is 421 Å². The van der Waals surface area contributed by atoms with Gasteiger partial charge in [-0.2, -0.15) is 23.5 Å². The molecule has 21 nitrogen and oxygen atoms in total. The van der Waals surface area contributed by atoms with Crippen LogP contribution in [0.25, 0.3) is 0 Å². The molecule has 0 unspecified atom stereocenters. The molecular weight excluding hydrogens is 665 g/mol. The Kier molecular flexibility index (Phi) is 115. The van der Waals surface area contributed by atoms with Crippen LogP contribution in [0, 0.1) is 30.6 Å². The van der Waals surface area contributed by atoms with Gasteiger partial charge >= 0.3 is 226 Å². The number of hydrogen-bond donors (Lipinski definition) is 0. The van der Waals surface area contributed by atoms with E-state index in [0.717, 1.165) is 0 Å². The maximum absolute atomic E-state index is 8.55. The zero-order chi connectivity index (χ0) is 20.7. The van der Waals surface area contributed by atoms with E-state index in [9.17, 15) is 0 Å². The van der Waals surface area contributed by atoms with Crippen molar-refractivity contribution in [2.75, 3.05) is 0 Å². The summed E-state index contributed by atoms with van der Waals surface area (Å²) in [7, 11) is -16.2. The Morgan fingerprint density at radius 1 is 0.400 bits per heavy atom. The second-order valence-corrected chi connectivity index (χ2v) is 4.47. The summed E-state index contributed by atoms with van der Waals surface area (Å²) in [5.74, 6) is 0. The first-order valence-corrected chi connectivity index (χ1v) is 7.67. The first-order valence-electron chi connectivity index (χ1n) is 3.29. The molecule has 1 N–H and O–H groups in total. The minimum absolute atomic E-state index is 0. The van der Waals surface area contributed by atoms with Gasteiger partial charge in [-0.15, -0.1) is 0 Å². The summed E-state index contributed by atoms with van der Waals surface area (Å²) in [5.41, 5.74) is 0. The number of rotatable bonds is 0. The molecule has 0 aromatic rings. The molecule has 0 spiro atoms. The van der Waals surface area contributed by atoms with Crippen LogP contribution in [0.1, 0.15) is 0 Å². The van der Waals surface area contributed by atoms with Crippen LogP contribution in [-0.4, -0.2) is 242 Å². The van der Waals surface area contributed by atoms with Crippen molar-refractivity contribution in [1.29, 1.82) is 0 Å². The van der Waals surface area contributed by atoms with E-state index in [4.69, 9.17) is 88.4 Å². The second kappa shape index (κ2) is 45.2. The molecule has 0 bridgehead atoms. The Labute approximate surface area is 345 Å². The SMILES string of the molecule is O=P([O-])([O-])[O-].O=P([O-])([O-])[O-].O=P([O-])([O-])[O-].O=[N+]([O-])[O-].O=[N+]([O-])[O-].[Ca+2].[Ca+2].[Ca+2].[Ca+2].[Ca+2].[Ca+2].[OH-]. The Morgan fingerprint density at radius 3 is 0.400 bits per heavy atom. The standard InChI is InChI=1S/6Ca.2NO3.3H3O4P.H2O/c;;;;;;2*2-1(3)4;3*1-5(2,3)4;/h;;;;;;;;3*(H3,1,2,3,4);1H2/q6*+2;2*-1;;;;/p-10. The molecule has 0 radical (unpaired) electrons. The third-order valence-corrected chi connectivity index (χ3v) is 0. The number of hydrogen-bond acceptors (Lipinski definition) is 19. The van der Waals surface area contributed by atoms with Gasteiger partial charge < -0.3 is 93.9 Å². The molecule has 0 saturated heterocycles. The average Bonchev–Trinajstić information content (AvgIpc) is 1.85. The van der Waals surface area contributed by atoms with Gasteiger partial charge in [0, 0.05) is 0 Å². The molecule has 30 heteroatoms. The summed E-state index contributed by atoms with van der Waals surface area (Å²) in [6, 6.07) is 0. The van der Waals surface area contributed by atoms with Crippen LogP contribution in [-0.2, 0) is 13.7 Å². The summed E-state index contributed by atoms with van der Waals surface area (Å²) in [5, 5.41) is 29.5. The zero-order valence-corrected chi connectivity index (χ0v) is 30.2. The van der Waals surface area contributed by atoms with E-state index < -0.39 is 33.6 Å². The van der Waals surface area contributed by atoms with Crippen LogP contribution in [0.2, 0.25) is 0 Å². The minimum atomic E-state index is -5.39. The van der Waals surface area contributed by atoms with Crippen LogP contribution < -0.4 is 44.0 Å². The molecular formula is HCa6N2O19P3. The minimum Gasteiger partial charge on any atom is -0.870 e. The van der Waals surface area contributed by atoms with Crippen molar-refractivity contribution < 1.29 is 73.4 Å². The van der Waals surface area contributed by atoms with Crippen molar-refractivity contribution in [3.05, 3.63) is 30.6 Å². The maximum Gasteiger partial charge on any atom is 2.00 e. The third kappa shape index (κ3) is 970. The molecule has 0 heterocycles. The molecule has 0 amide bonds. The molecule has 152 valence electrons. The Hall–Kier alpha value is 6.25. The quantitative estimate of drug-likeness (QED) is 0.100. The predicted molar refractivity (Wildman–Crippen MR) is 80.0 cm³/mol. The van der Waals surface area contributed by atoms with Gasteiger partial charge in [-0.1, -0.05) is 0 Å². The summed E-state index contributed by atoms with van der Waals surface area (Å²) in [6.45, 7) is 0. The van der Waals surface area contributed by atoms with E-state index >= 15 is 0 Å². The van der Waals surface area contributed by atoms with Gasteiger partial charge in [-0.3, -0.25) is 0 Å². The normalized spacial score (nSPS) is 7.50. The van der Waals surface area contributed by atoms with Crippen molar-refractivity contribution >= 4 is 250 Å². The van der Waals surface area contributed by atoms with Crippen molar-refractivity contribution in [3.63, 3.8) is 0 Å². The van der Waals surface area contributed by atoms with Crippen LogP contribution in [0.5, 0.6) is 0 Å². The molecule has 0 rings (SSSR count). The van der Waals surface area contributed by atoms with Crippen LogP contribution in [0.4, 0.5) is 0 Å². The Morgan fingerprint density at radius 2 is 0.400 bits per heavy atom. The van der Waals surface area contributed by atoms with Gasteiger partial charge in [0.25, 0.3) is 0 Å². The van der Waals surface area contributed by atoms with E-state index in [-0.39, 0.29) is 232 Å². The van der Waals surface area contributed by atoms with Gasteiger partial charge in [0.15, 0.2) is 0 Å². The van der Waals surface area contributed by atoms with Gasteiger partial charge in [0.1, 0.15) is 0 Å². The first-order chi connectivity index (χ1) is 9.46. The number of nitrogens with zero attached hydrogens (tertiary/aromatic N) is 2. The first kappa shape index (κ1) is 76.6. The molecule has 0 aliphatic heterocycles. The molecule has 0 aromatic carbocycles. The van der Waals surface area contributed by atoms with Crippen molar-refractivity contribution in [2.24, 2.45) is 0 Å². The number of phosphoric acid groups is 3. The fraction of sp³-hybridized carbons (Fsp3) is 0. The van der Waals surface area contributed by atoms with Crippen molar-refractivity contribution in [1.82, 2.24) is 0 Å². The summed E-state index contributed by atoms with van der Waals surface area (Å²) >= 11 is 0. The zero-order valence-electron chi connectivity index (χ0n) is 14.3. The van der Waals surface area contributed by atoms with E-state index in [2.05, 4.69) is 0 Å². The van der Waals surface area contributed by atoms with Crippen LogP contribution in [0.15, 0.2) is 0 Å². The van der Waals surface area contributed by atoms with Gasteiger partial charge in [-0.05, 0) is 0 Å². The fourth-order valence-corrected chi connectivity index (χ4v) is 0. The summed E-state index contributed by atoms with van der Waals surface area (Å²) in [4.78, 5) is 93.4. The average molecular weight is 666 g/mol. The van der Waals surface area contributed by atoms with Crippen molar-refractivity contribution in [2.45, 2.75) is 0 Å². The molecule has 0 saturated carbocycles. The predicted octanol–water partition coefficient (Wildman–Crippen LogP) is -11.4. The molecule has 0 aromatic heterocycles. The van der Waals surface area contributed by atoms with E-state index in [1.54, 1.807) is 0 Å². The van der Waals surface area contributed by atoms with Gasteiger partial charge in [0.2, 0.25) is 0 Å². The fourth-order valence-electron chi connectivity index (χ4n) is 0. The van der Waals surface area contributed by atoms with Crippen LogP contribution in [0.3, 0.4) is 0 Å². The largest absolute Gasteiger partial charge is 2.00 e. The smallest absolute Gasteiger partial charge is 0.870 e. The van der Waals surface area contributed by atoms with Crippen molar-refractivity contribution in [3.8, 4) is 0 Å². The summed E-state index contributed by atoms with van der Waals surface area (Å²) in [6.07, 6.45) is 0.